The molecule has 0 amide bonds. The predicted octanol–water partition coefficient (Wildman–Crippen LogP) is -0.458. The molecule has 0 saturated heterocycles. The zero-order valence-electron chi connectivity index (χ0n) is 6.88. The van der Waals surface area contributed by atoms with Crippen LogP contribution in [-0.2, 0) is 13.2 Å². The van der Waals surface area contributed by atoms with Crippen molar-refractivity contribution < 1.29 is 5.11 Å². The second kappa shape index (κ2) is 3.36. The van der Waals surface area contributed by atoms with E-state index in [1.807, 2.05) is 0 Å². The molecule has 2 aromatic heterocycles. The molecule has 0 saturated carbocycles. The fraction of sp³-hybridized carbons (Fsp3) is 0.286. The molecule has 2 N–H and O–H groups in total. The molecule has 0 fully saturated rings. The molecule has 6 heteroatoms. The van der Waals surface area contributed by atoms with Crippen molar-refractivity contribution in [1.29, 1.82) is 0 Å². The van der Waals surface area contributed by atoms with Crippen molar-refractivity contribution in [2.75, 3.05) is 0 Å². The molecule has 0 unspecified atom stereocenters. The minimum absolute atomic E-state index is 0.0235. The smallest absolute Gasteiger partial charge is 0.137 e. The van der Waals surface area contributed by atoms with Crippen molar-refractivity contribution in [3.05, 3.63) is 30.4 Å². The van der Waals surface area contributed by atoms with Crippen molar-refractivity contribution in [1.82, 2.24) is 24.7 Å². The highest BCUT2D eigenvalue weighted by Gasteiger charge is 2.00. The number of imidazole rings is 1. The Kier molecular flexibility index (Phi) is 2.05. The Morgan fingerprint density at radius 3 is 3.08 bits per heavy atom. The van der Waals surface area contributed by atoms with E-state index in [1.165, 1.54) is 6.33 Å². The van der Waals surface area contributed by atoms with Crippen LogP contribution in [0.1, 0.15) is 11.5 Å². The molecule has 0 atom stereocenters. The molecule has 2 heterocycles. The molecule has 13 heavy (non-hydrogen) atoms. The largest absolute Gasteiger partial charge is 0.390 e. The van der Waals surface area contributed by atoms with Gasteiger partial charge in [-0.15, -0.1) is 0 Å². The summed E-state index contributed by atoms with van der Waals surface area (Å²) in [5.74, 6) is 0.759. The van der Waals surface area contributed by atoms with Crippen LogP contribution in [0.5, 0.6) is 0 Å². The van der Waals surface area contributed by atoms with Crippen LogP contribution in [-0.4, -0.2) is 29.8 Å². The van der Waals surface area contributed by atoms with Gasteiger partial charge in [0.15, 0.2) is 0 Å². The molecule has 68 valence electrons. The van der Waals surface area contributed by atoms with Gasteiger partial charge in [-0.1, -0.05) is 0 Å². The highest BCUT2D eigenvalue weighted by Crippen LogP contribution is 1.98. The fourth-order valence-corrected chi connectivity index (χ4v) is 1.03. The van der Waals surface area contributed by atoms with Crippen LogP contribution in [0.2, 0.25) is 0 Å². The first-order valence-corrected chi connectivity index (χ1v) is 3.84. The van der Waals surface area contributed by atoms with Crippen LogP contribution in [0, 0.1) is 0 Å². The third-order valence-electron chi connectivity index (χ3n) is 1.63. The molecule has 2 rings (SSSR count). The van der Waals surface area contributed by atoms with Gasteiger partial charge in [-0.3, -0.25) is 0 Å². The first kappa shape index (κ1) is 7.93. The second-order valence-corrected chi connectivity index (χ2v) is 2.61. The Balaban J connectivity index is 2.10. The Bertz CT molecular complexity index is 366. The van der Waals surface area contributed by atoms with E-state index in [0.29, 0.717) is 12.2 Å². The molecular weight excluding hydrogens is 170 g/mol. The maximum atomic E-state index is 8.77. The summed E-state index contributed by atoms with van der Waals surface area (Å²) < 4.78 is 1.65. The van der Waals surface area contributed by atoms with Gasteiger partial charge >= 0.3 is 0 Å². The number of hydrogen-bond donors (Lipinski definition) is 2. The summed E-state index contributed by atoms with van der Waals surface area (Å²) in [5, 5.41) is 12.7. The van der Waals surface area contributed by atoms with Gasteiger partial charge in [0.1, 0.15) is 25.0 Å². The first-order chi connectivity index (χ1) is 6.38. The van der Waals surface area contributed by atoms with Gasteiger partial charge in [0.05, 0.1) is 18.5 Å². The highest BCUT2D eigenvalue weighted by molar-refractivity contribution is 4.99. The molecular formula is C7H9N5O. The van der Waals surface area contributed by atoms with E-state index in [-0.39, 0.29) is 6.61 Å². The number of hydrogen-bond acceptors (Lipinski definition) is 4. The van der Waals surface area contributed by atoms with Gasteiger partial charge in [-0.05, 0) is 0 Å². The van der Waals surface area contributed by atoms with Crippen molar-refractivity contribution in [2.45, 2.75) is 13.2 Å². The van der Waals surface area contributed by atoms with Crippen molar-refractivity contribution in [3.8, 4) is 0 Å². The van der Waals surface area contributed by atoms with Crippen molar-refractivity contribution in [2.24, 2.45) is 0 Å². The normalized spacial score (nSPS) is 10.5. The maximum absolute atomic E-state index is 8.77. The van der Waals surface area contributed by atoms with Crippen LogP contribution in [0.15, 0.2) is 18.9 Å². The third-order valence-corrected chi connectivity index (χ3v) is 1.63. The Hall–Kier alpha value is -1.69. The van der Waals surface area contributed by atoms with E-state index < -0.39 is 0 Å². The number of aromatic nitrogens is 5. The number of nitrogens with one attached hydrogen (secondary N) is 1. The Labute approximate surface area is 74.3 Å². The lowest BCUT2D eigenvalue weighted by Crippen LogP contribution is -2.01. The fourth-order valence-electron chi connectivity index (χ4n) is 1.03. The molecule has 0 spiro atoms. The van der Waals surface area contributed by atoms with Crippen LogP contribution in [0.25, 0.3) is 0 Å². The SMILES string of the molecule is OCc1cnc(Cn2cncn2)[nH]1. The van der Waals surface area contributed by atoms with Gasteiger partial charge in [0, 0.05) is 0 Å². The van der Waals surface area contributed by atoms with Crippen molar-refractivity contribution >= 4 is 0 Å². The number of nitrogens with zero attached hydrogens (tertiary/aromatic N) is 4. The molecule has 6 nitrogen and oxygen atoms in total. The van der Waals surface area contributed by atoms with E-state index in [2.05, 4.69) is 20.1 Å². The summed E-state index contributed by atoms with van der Waals surface area (Å²) in [7, 11) is 0. The van der Waals surface area contributed by atoms with E-state index in [1.54, 1.807) is 17.2 Å². The van der Waals surface area contributed by atoms with E-state index in [9.17, 15) is 0 Å². The zero-order valence-corrected chi connectivity index (χ0v) is 6.88. The minimum atomic E-state index is -0.0235. The van der Waals surface area contributed by atoms with Crippen LogP contribution in [0.4, 0.5) is 0 Å². The van der Waals surface area contributed by atoms with E-state index >= 15 is 0 Å². The van der Waals surface area contributed by atoms with Gasteiger partial charge in [-0.2, -0.15) is 5.10 Å². The molecule has 0 aliphatic rings. The van der Waals surface area contributed by atoms with Gasteiger partial charge in [0.2, 0.25) is 0 Å². The van der Waals surface area contributed by atoms with Crippen molar-refractivity contribution in [3.63, 3.8) is 0 Å². The Morgan fingerprint density at radius 2 is 2.46 bits per heavy atom. The third kappa shape index (κ3) is 1.73. The summed E-state index contributed by atoms with van der Waals surface area (Å²) in [6, 6.07) is 0. The van der Waals surface area contributed by atoms with E-state index in [4.69, 9.17) is 5.11 Å². The molecule has 0 radical (unpaired) electrons. The quantitative estimate of drug-likeness (QED) is 0.668. The lowest BCUT2D eigenvalue weighted by atomic mass is 10.5. The average Bonchev–Trinajstić information content (AvgIpc) is 2.76. The zero-order chi connectivity index (χ0) is 9.10. The first-order valence-electron chi connectivity index (χ1n) is 3.84. The summed E-state index contributed by atoms with van der Waals surface area (Å²) in [6.45, 7) is 0.518. The molecule has 0 aliphatic heterocycles. The lowest BCUT2D eigenvalue weighted by Gasteiger charge is -1.94. The lowest BCUT2D eigenvalue weighted by molar-refractivity contribution is 0.277. The van der Waals surface area contributed by atoms with Crippen LogP contribution < -0.4 is 0 Å². The highest BCUT2D eigenvalue weighted by atomic mass is 16.3. The number of aliphatic hydroxyl groups is 1. The second-order valence-electron chi connectivity index (χ2n) is 2.61. The monoisotopic (exact) mass is 179 g/mol. The molecule has 0 aliphatic carbocycles. The Morgan fingerprint density at radius 1 is 1.54 bits per heavy atom. The number of aromatic amines is 1. The van der Waals surface area contributed by atoms with Gasteiger partial charge < -0.3 is 10.1 Å². The van der Waals surface area contributed by atoms with Crippen LogP contribution in [0.3, 0.4) is 0 Å². The topological polar surface area (TPSA) is 79.6 Å². The maximum Gasteiger partial charge on any atom is 0.137 e. The molecule has 2 aromatic rings. The number of rotatable bonds is 3. The summed E-state index contributed by atoms with van der Waals surface area (Å²) >= 11 is 0. The minimum Gasteiger partial charge on any atom is -0.390 e. The van der Waals surface area contributed by atoms with Crippen LogP contribution >= 0.6 is 0 Å². The standard InChI is InChI=1S/C7H9N5O/c13-3-6-1-9-7(11-6)2-12-5-8-4-10-12/h1,4-5,13H,2-3H2,(H,9,11). The summed E-state index contributed by atoms with van der Waals surface area (Å²) in [6.07, 6.45) is 4.68. The molecule has 0 aromatic carbocycles. The predicted molar refractivity (Wildman–Crippen MR) is 43.6 cm³/mol. The summed E-state index contributed by atoms with van der Waals surface area (Å²) in [5.41, 5.74) is 0.704. The number of H-pyrrole nitrogens is 1. The number of aliphatic hydroxyl groups excluding tert-OH is 1. The van der Waals surface area contributed by atoms with E-state index in [0.717, 1.165) is 5.82 Å². The summed E-state index contributed by atoms with van der Waals surface area (Å²) in [4.78, 5) is 10.8. The van der Waals surface area contributed by atoms with Gasteiger partial charge in [-0.25, -0.2) is 14.6 Å². The van der Waals surface area contributed by atoms with Gasteiger partial charge in [0.25, 0.3) is 0 Å². The average molecular weight is 179 g/mol. The molecule has 0 bridgehead atoms.